The Morgan fingerprint density at radius 2 is 1.95 bits per heavy atom. The second kappa shape index (κ2) is 5.48. The Balaban J connectivity index is 1.81. The number of ether oxygens (including phenoxy) is 1. The normalized spacial score (nSPS) is 27.0. The van der Waals surface area contributed by atoms with Crippen molar-refractivity contribution >= 4 is 17.0 Å². The summed E-state index contributed by atoms with van der Waals surface area (Å²) in [7, 11) is 0. The van der Waals surface area contributed by atoms with Crippen molar-refractivity contribution in [1.82, 2.24) is 0 Å². The van der Waals surface area contributed by atoms with Crippen LogP contribution in [-0.4, -0.2) is 11.0 Å². The fourth-order valence-corrected chi connectivity index (χ4v) is 4.89. The average molecular weight is 315 g/mol. The predicted molar refractivity (Wildman–Crippen MR) is 85.3 cm³/mol. The third kappa shape index (κ3) is 2.16. The van der Waals surface area contributed by atoms with Gasteiger partial charge in [-0.15, -0.1) is 11.3 Å². The first kappa shape index (κ1) is 13.9. The van der Waals surface area contributed by atoms with E-state index in [1.165, 1.54) is 24.1 Å². The summed E-state index contributed by atoms with van der Waals surface area (Å²) < 4.78 is 6.35. The Hall–Kier alpha value is -1.72. The number of nitro benzene ring substituents is 1. The summed E-state index contributed by atoms with van der Waals surface area (Å²) in [6.07, 6.45) is 4.55. The van der Waals surface area contributed by atoms with Crippen molar-refractivity contribution in [2.75, 3.05) is 0 Å². The van der Waals surface area contributed by atoms with Gasteiger partial charge in [-0.1, -0.05) is 25.0 Å². The Bertz CT molecular complexity index is 711. The van der Waals surface area contributed by atoms with E-state index in [9.17, 15) is 10.1 Å². The van der Waals surface area contributed by atoms with Crippen molar-refractivity contribution in [3.05, 3.63) is 61.8 Å². The smallest absolute Gasteiger partial charge is 0.275 e. The number of fused-ring (bicyclic) bond motifs is 3. The summed E-state index contributed by atoms with van der Waals surface area (Å²) in [6, 6.07) is 9.03. The van der Waals surface area contributed by atoms with E-state index in [0.29, 0.717) is 11.5 Å². The molecule has 0 radical (unpaired) electrons. The molecule has 3 atom stereocenters. The van der Waals surface area contributed by atoms with Gasteiger partial charge >= 0.3 is 0 Å². The molecule has 114 valence electrons. The maximum Gasteiger partial charge on any atom is 0.275 e. The first-order valence-electron chi connectivity index (χ1n) is 7.72. The molecule has 4 rings (SSSR count). The highest BCUT2D eigenvalue weighted by molar-refractivity contribution is 7.10. The van der Waals surface area contributed by atoms with Gasteiger partial charge in [0.15, 0.2) is 0 Å². The molecule has 1 aromatic heterocycles. The zero-order valence-electron chi connectivity index (χ0n) is 12.1. The summed E-state index contributed by atoms with van der Waals surface area (Å²) >= 11 is 1.77. The first-order valence-corrected chi connectivity index (χ1v) is 8.59. The topological polar surface area (TPSA) is 52.4 Å². The lowest BCUT2D eigenvalue weighted by Gasteiger charge is -2.39. The number of para-hydroxylation sites is 1. The molecule has 0 saturated heterocycles. The number of hydrogen-bond acceptors (Lipinski definition) is 4. The molecule has 0 N–H and O–H groups in total. The molecule has 1 fully saturated rings. The standard InChI is InChI=1S/C17H17NO3S/c19-18(20)14-7-3-1-5-11(14)16-13-9-10-22-17(13)12-6-2-4-8-15(12)21-16/h1,3,5,7,9-10,12,15-16H,2,4,6,8H2. The van der Waals surface area contributed by atoms with Crippen LogP contribution in [0, 0.1) is 10.1 Å². The van der Waals surface area contributed by atoms with E-state index < -0.39 is 0 Å². The van der Waals surface area contributed by atoms with Gasteiger partial charge in [-0.05, 0) is 35.9 Å². The monoisotopic (exact) mass is 315 g/mol. The molecule has 3 unspecified atom stereocenters. The third-order valence-corrected chi connectivity index (χ3v) is 5.84. The van der Waals surface area contributed by atoms with E-state index in [1.54, 1.807) is 23.5 Å². The number of rotatable bonds is 2. The maximum atomic E-state index is 11.4. The van der Waals surface area contributed by atoms with Gasteiger partial charge in [0.1, 0.15) is 6.10 Å². The van der Waals surface area contributed by atoms with Crippen molar-refractivity contribution in [3.63, 3.8) is 0 Å². The Kier molecular flexibility index (Phi) is 3.47. The average Bonchev–Trinajstić information content (AvgIpc) is 3.04. The molecule has 1 aliphatic heterocycles. The molecule has 2 heterocycles. The van der Waals surface area contributed by atoms with Crippen LogP contribution in [0.4, 0.5) is 5.69 Å². The number of thiophene rings is 1. The molecule has 4 nitrogen and oxygen atoms in total. The fraction of sp³-hybridized carbons (Fsp3) is 0.412. The van der Waals surface area contributed by atoms with Gasteiger partial charge in [-0.3, -0.25) is 10.1 Å². The van der Waals surface area contributed by atoms with Gasteiger partial charge < -0.3 is 4.74 Å². The summed E-state index contributed by atoms with van der Waals surface area (Å²) in [4.78, 5) is 12.4. The second-order valence-electron chi connectivity index (χ2n) is 6.00. The van der Waals surface area contributed by atoms with Crippen LogP contribution in [0.1, 0.15) is 53.7 Å². The lowest BCUT2D eigenvalue weighted by atomic mass is 9.80. The zero-order valence-corrected chi connectivity index (χ0v) is 12.9. The first-order chi connectivity index (χ1) is 10.8. The van der Waals surface area contributed by atoms with Crippen LogP contribution in [0.3, 0.4) is 0 Å². The van der Waals surface area contributed by atoms with Gasteiger partial charge in [0, 0.05) is 16.9 Å². The SMILES string of the molecule is O=[N+]([O-])c1ccccc1C1OC2CCCCC2c2sccc21. The van der Waals surface area contributed by atoms with Crippen LogP contribution < -0.4 is 0 Å². The number of hydrogen-bond donors (Lipinski definition) is 0. The molecule has 1 aliphatic carbocycles. The van der Waals surface area contributed by atoms with Crippen molar-refractivity contribution < 1.29 is 9.66 Å². The van der Waals surface area contributed by atoms with Gasteiger partial charge in [-0.2, -0.15) is 0 Å². The Morgan fingerprint density at radius 3 is 2.82 bits per heavy atom. The molecule has 2 aliphatic rings. The second-order valence-corrected chi connectivity index (χ2v) is 6.95. The summed E-state index contributed by atoms with van der Waals surface area (Å²) in [6.45, 7) is 0. The summed E-state index contributed by atoms with van der Waals surface area (Å²) in [5.41, 5.74) is 1.96. The highest BCUT2D eigenvalue weighted by atomic mass is 32.1. The molecule has 0 amide bonds. The zero-order chi connectivity index (χ0) is 15.1. The lowest BCUT2D eigenvalue weighted by molar-refractivity contribution is -0.386. The van der Waals surface area contributed by atoms with Crippen LogP contribution in [0.15, 0.2) is 35.7 Å². The van der Waals surface area contributed by atoms with Crippen molar-refractivity contribution in [2.45, 2.75) is 43.8 Å². The van der Waals surface area contributed by atoms with E-state index in [4.69, 9.17) is 4.74 Å². The molecule has 5 heteroatoms. The quantitative estimate of drug-likeness (QED) is 0.590. The predicted octanol–water partition coefficient (Wildman–Crippen LogP) is 4.80. The summed E-state index contributed by atoms with van der Waals surface area (Å²) in [5.74, 6) is 0.475. The minimum Gasteiger partial charge on any atom is -0.365 e. The Morgan fingerprint density at radius 1 is 1.14 bits per heavy atom. The van der Waals surface area contributed by atoms with Crippen LogP contribution >= 0.6 is 11.3 Å². The fourth-order valence-electron chi connectivity index (χ4n) is 3.77. The molecule has 0 spiro atoms. The molecule has 22 heavy (non-hydrogen) atoms. The lowest BCUT2D eigenvalue weighted by Crippen LogP contribution is -2.32. The van der Waals surface area contributed by atoms with Crippen LogP contribution in [0.2, 0.25) is 0 Å². The minimum atomic E-state index is -0.308. The highest BCUT2D eigenvalue weighted by Crippen LogP contribution is 2.49. The maximum absolute atomic E-state index is 11.4. The molecule has 1 aromatic carbocycles. The van der Waals surface area contributed by atoms with Gasteiger partial charge in [0.2, 0.25) is 0 Å². The van der Waals surface area contributed by atoms with E-state index in [-0.39, 0.29) is 22.8 Å². The molecule has 0 bridgehead atoms. The van der Waals surface area contributed by atoms with Crippen molar-refractivity contribution in [3.8, 4) is 0 Å². The largest absolute Gasteiger partial charge is 0.365 e. The highest BCUT2D eigenvalue weighted by Gasteiger charge is 2.40. The van der Waals surface area contributed by atoms with Gasteiger partial charge in [0.05, 0.1) is 16.6 Å². The number of nitrogens with zero attached hydrogens (tertiary/aromatic N) is 1. The van der Waals surface area contributed by atoms with Crippen molar-refractivity contribution in [2.24, 2.45) is 0 Å². The van der Waals surface area contributed by atoms with Crippen LogP contribution in [0.25, 0.3) is 0 Å². The van der Waals surface area contributed by atoms with Crippen LogP contribution in [-0.2, 0) is 4.74 Å². The Labute approximate surface area is 132 Å². The minimum absolute atomic E-state index is 0.152. The van der Waals surface area contributed by atoms with Crippen molar-refractivity contribution in [1.29, 1.82) is 0 Å². The van der Waals surface area contributed by atoms with Crippen LogP contribution in [0.5, 0.6) is 0 Å². The van der Waals surface area contributed by atoms with Gasteiger partial charge in [-0.25, -0.2) is 0 Å². The molecular weight excluding hydrogens is 298 g/mol. The van der Waals surface area contributed by atoms with E-state index >= 15 is 0 Å². The van der Waals surface area contributed by atoms with E-state index in [2.05, 4.69) is 11.4 Å². The molecular formula is C17H17NO3S. The van der Waals surface area contributed by atoms with E-state index in [0.717, 1.165) is 12.0 Å². The number of benzene rings is 1. The molecule has 1 saturated carbocycles. The number of nitro groups is 1. The third-order valence-electron chi connectivity index (χ3n) is 4.78. The molecule has 2 aromatic rings. The van der Waals surface area contributed by atoms with E-state index in [1.807, 2.05) is 12.1 Å². The van der Waals surface area contributed by atoms with Gasteiger partial charge in [0.25, 0.3) is 5.69 Å². The summed E-state index contributed by atoms with van der Waals surface area (Å²) in [5, 5.41) is 13.4.